The molecule has 0 aliphatic carbocycles. The van der Waals surface area contributed by atoms with Gasteiger partial charge in [0.05, 0.1) is 11.0 Å². The van der Waals surface area contributed by atoms with Crippen molar-refractivity contribution in [3.05, 3.63) is 39.9 Å². The van der Waals surface area contributed by atoms with Crippen molar-refractivity contribution >= 4 is 11.5 Å². The summed E-state index contributed by atoms with van der Waals surface area (Å²) >= 11 is 0. The Labute approximate surface area is 86.5 Å². The lowest BCUT2D eigenvalue weighted by molar-refractivity contribution is -0.384. The molecule has 1 atom stereocenters. The Morgan fingerprint density at radius 2 is 2.00 bits per heavy atom. The standard InChI is InChI=1S/C10H11NO4/c1-7(12)6-10(13)8-2-4-9(5-3-8)11(14)15/h2-5,10,13H,6H2,1H3. The molecule has 0 bridgehead atoms. The zero-order valence-corrected chi connectivity index (χ0v) is 8.21. The molecule has 1 N–H and O–H groups in total. The molecule has 80 valence electrons. The van der Waals surface area contributed by atoms with Gasteiger partial charge in [0, 0.05) is 18.6 Å². The van der Waals surface area contributed by atoms with E-state index < -0.39 is 11.0 Å². The number of rotatable bonds is 4. The van der Waals surface area contributed by atoms with Gasteiger partial charge in [-0.1, -0.05) is 0 Å². The second-order valence-corrected chi connectivity index (χ2v) is 3.27. The molecular formula is C10H11NO4. The third-order valence-corrected chi connectivity index (χ3v) is 1.97. The van der Waals surface area contributed by atoms with Gasteiger partial charge in [-0.25, -0.2) is 0 Å². The Bertz CT molecular complexity index is 372. The fourth-order valence-corrected chi connectivity index (χ4v) is 1.21. The predicted octanol–water partition coefficient (Wildman–Crippen LogP) is 1.61. The molecule has 0 aliphatic heterocycles. The molecule has 1 rings (SSSR count). The molecule has 0 spiro atoms. The van der Waals surface area contributed by atoms with E-state index in [0.717, 1.165) is 0 Å². The van der Waals surface area contributed by atoms with Crippen LogP contribution in [0.1, 0.15) is 25.0 Å². The summed E-state index contributed by atoms with van der Waals surface area (Å²) in [6, 6.07) is 5.51. The van der Waals surface area contributed by atoms with E-state index in [2.05, 4.69) is 0 Å². The number of nitro groups is 1. The van der Waals surface area contributed by atoms with E-state index in [0.29, 0.717) is 5.56 Å². The van der Waals surface area contributed by atoms with Crippen LogP contribution in [-0.2, 0) is 4.79 Å². The third kappa shape index (κ3) is 3.14. The minimum atomic E-state index is -0.886. The van der Waals surface area contributed by atoms with Crippen molar-refractivity contribution in [2.75, 3.05) is 0 Å². The van der Waals surface area contributed by atoms with Gasteiger partial charge in [-0.2, -0.15) is 0 Å². The van der Waals surface area contributed by atoms with Gasteiger partial charge in [-0.3, -0.25) is 14.9 Å². The SMILES string of the molecule is CC(=O)CC(O)c1ccc([N+](=O)[O-])cc1. The van der Waals surface area contributed by atoms with Gasteiger partial charge >= 0.3 is 0 Å². The molecule has 0 saturated carbocycles. The Hall–Kier alpha value is -1.75. The summed E-state index contributed by atoms with van der Waals surface area (Å²) in [6.07, 6.45) is -0.860. The number of aliphatic hydroxyl groups is 1. The quantitative estimate of drug-likeness (QED) is 0.603. The minimum absolute atomic E-state index is 0.0256. The summed E-state index contributed by atoms with van der Waals surface area (Å²) in [7, 11) is 0. The third-order valence-electron chi connectivity index (χ3n) is 1.97. The fourth-order valence-electron chi connectivity index (χ4n) is 1.21. The van der Waals surface area contributed by atoms with Crippen LogP contribution in [-0.4, -0.2) is 15.8 Å². The molecule has 1 unspecified atom stereocenters. The molecule has 0 aliphatic rings. The van der Waals surface area contributed by atoms with Crippen molar-refractivity contribution in [1.82, 2.24) is 0 Å². The number of carbonyl (C=O) groups excluding carboxylic acids is 1. The molecule has 0 radical (unpaired) electrons. The summed E-state index contributed by atoms with van der Waals surface area (Å²) in [5, 5.41) is 19.9. The molecule has 1 aromatic carbocycles. The number of non-ortho nitro benzene ring substituents is 1. The zero-order valence-electron chi connectivity index (χ0n) is 8.21. The van der Waals surface area contributed by atoms with Crippen LogP contribution in [0.5, 0.6) is 0 Å². The summed E-state index contributed by atoms with van der Waals surface area (Å²) in [6.45, 7) is 1.38. The first-order valence-corrected chi connectivity index (χ1v) is 4.42. The first kappa shape index (κ1) is 11.3. The predicted molar refractivity (Wildman–Crippen MR) is 53.4 cm³/mol. The van der Waals surface area contributed by atoms with Crippen molar-refractivity contribution in [2.45, 2.75) is 19.4 Å². The molecule has 0 heterocycles. The number of aliphatic hydroxyl groups excluding tert-OH is 1. The molecule has 15 heavy (non-hydrogen) atoms. The number of Topliss-reactive ketones (excluding diaryl/α,β-unsaturated/α-hetero) is 1. The van der Waals surface area contributed by atoms with E-state index in [1.54, 1.807) is 0 Å². The summed E-state index contributed by atoms with van der Waals surface area (Å²) in [5.41, 5.74) is 0.476. The number of hydrogen-bond donors (Lipinski definition) is 1. The highest BCUT2D eigenvalue weighted by atomic mass is 16.6. The second-order valence-electron chi connectivity index (χ2n) is 3.27. The van der Waals surface area contributed by atoms with Crippen LogP contribution in [0.2, 0.25) is 0 Å². The van der Waals surface area contributed by atoms with E-state index in [-0.39, 0.29) is 17.9 Å². The Morgan fingerprint density at radius 1 is 1.47 bits per heavy atom. The van der Waals surface area contributed by atoms with Crippen LogP contribution in [0, 0.1) is 10.1 Å². The van der Waals surface area contributed by atoms with Gasteiger partial charge in [0.1, 0.15) is 5.78 Å². The highest BCUT2D eigenvalue weighted by Gasteiger charge is 2.11. The van der Waals surface area contributed by atoms with Gasteiger partial charge < -0.3 is 5.11 Å². The molecular weight excluding hydrogens is 198 g/mol. The van der Waals surface area contributed by atoms with Gasteiger partial charge in [-0.05, 0) is 24.6 Å². The molecule has 0 saturated heterocycles. The zero-order chi connectivity index (χ0) is 11.4. The van der Waals surface area contributed by atoms with Gasteiger partial charge in [0.2, 0.25) is 0 Å². The Kier molecular flexibility index (Phi) is 3.51. The second kappa shape index (κ2) is 4.65. The maximum absolute atomic E-state index is 10.7. The lowest BCUT2D eigenvalue weighted by atomic mass is 10.0. The molecule has 0 amide bonds. The summed E-state index contributed by atoms with van der Waals surface area (Å²) < 4.78 is 0. The van der Waals surface area contributed by atoms with Gasteiger partial charge in [0.25, 0.3) is 5.69 Å². The number of hydrogen-bond acceptors (Lipinski definition) is 4. The molecule has 0 aromatic heterocycles. The first-order valence-electron chi connectivity index (χ1n) is 4.42. The summed E-state index contributed by atoms with van der Waals surface area (Å²) in [5.74, 6) is -0.124. The van der Waals surface area contributed by atoms with Crippen LogP contribution >= 0.6 is 0 Å². The Morgan fingerprint density at radius 3 is 2.40 bits per heavy atom. The molecule has 5 heteroatoms. The van der Waals surface area contributed by atoms with Crippen molar-refractivity contribution in [2.24, 2.45) is 0 Å². The number of carbonyl (C=O) groups is 1. The minimum Gasteiger partial charge on any atom is -0.388 e. The van der Waals surface area contributed by atoms with Crippen molar-refractivity contribution in [3.8, 4) is 0 Å². The van der Waals surface area contributed by atoms with E-state index >= 15 is 0 Å². The number of nitro benzene ring substituents is 1. The normalized spacial score (nSPS) is 12.1. The van der Waals surface area contributed by atoms with Crippen LogP contribution in [0.3, 0.4) is 0 Å². The maximum Gasteiger partial charge on any atom is 0.269 e. The number of nitrogens with zero attached hydrogens (tertiary/aromatic N) is 1. The monoisotopic (exact) mass is 209 g/mol. The van der Waals surface area contributed by atoms with Crippen LogP contribution in [0.4, 0.5) is 5.69 Å². The van der Waals surface area contributed by atoms with Crippen LogP contribution in [0.15, 0.2) is 24.3 Å². The van der Waals surface area contributed by atoms with Crippen molar-refractivity contribution < 1.29 is 14.8 Å². The van der Waals surface area contributed by atoms with Gasteiger partial charge in [-0.15, -0.1) is 0 Å². The average molecular weight is 209 g/mol. The summed E-state index contributed by atoms with van der Waals surface area (Å²) in [4.78, 5) is 20.6. The number of benzene rings is 1. The highest BCUT2D eigenvalue weighted by molar-refractivity contribution is 5.76. The first-order chi connectivity index (χ1) is 7.00. The van der Waals surface area contributed by atoms with E-state index in [9.17, 15) is 20.0 Å². The lowest BCUT2D eigenvalue weighted by Gasteiger charge is -2.07. The van der Waals surface area contributed by atoms with E-state index in [1.807, 2.05) is 0 Å². The lowest BCUT2D eigenvalue weighted by Crippen LogP contribution is -2.03. The van der Waals surface area contributed by atoms with E-state index in [4.69, 9.17) is 0 Å². The van der Waals surface area contributed by atoms with E-state index in [1.165, 1.54) is 31.2 Å². The highest BCUT2D eigenvalue weighted by Crippen LogP contribution is 2.20. The smallest absolute Gasteiger partial charge is 0.269 e. The maximum atomic E-state index is 10.7. The topological polar surface area (TPSA) is 80.4 Å². The number of ketones is 1. The van der Waals surface area contributed by atoms with Gasteiger partial charge in [0.15, 0.2) is 0 Å². The fraction of sp³-hybridized carbons (Fsp3) is 0.300. The average Bonchev–Trinajstić information content (AvgIpc) is 2.17. The van der Waals surface area contributed by atoms with Crippen LogP contribution in [0.25, 0.3) is 0 Å². The molecule has 5 nitrogen and oxygen atoms in total. The van der Waals surface area contributed by atoms with Crippen molar-refractivity contribution in [3.63, 3.8) is 0 Å². The van der Waals surface area contributed by atoms with Crippen LogP contribution < -0.4 is 0 Å². The molecule has 0 fully saturated rings. The van der Waals surface area contributed by atoms with Crippen molar-refractivity contribution in [1.29, 1.82) is 0 Å². The molecule has 1 aromatic rings. The Balaban J connectivity index is 2.79. The largest absolute Gasteiger partial charge is 0.388 e.